The van der Waals surface area contributed by atoms with Crippen molar-refractivity contribution in [1.82, 2.24) is 15.5 Å². The van der Waals surface area contributed by atoms with Crippen molar-refractivity contribution in [3.05, 3.63) is 0 Å². The van der Waals surface area contributed by atoms with Gasteiger partial charge in [-0.1, -0.05) is 18.8 Å². The summed E-state index contributed by atoms with van der Waals surface area (Å²) < 4.78 is 0. The Morgan fingerprint density at radius 2 is 2.05 bits per heavy atom. The second-order valence-electron chi connectivity index (χ2n) is 4.74. The van der Waals surface area contributed by atoms with E-state index in [1.165, 1.54) is 25.7 Å². The number of nitrogens with one attached hydrogen (secondary N) is 2. The van der Waals surface area contributed by atoms with Gasteiger partial charge in [0.1, 0.15) is 0 Å². The van der Waals surface area contributed by atoms with E-state index in [2.05, 4.69) is 40.4 Å². The zero-order valence-corrected chi connectivity index (χ0v) is 14.4. The van der Waals surface area contributed by atoms with Crippen molar-refractivity contribution in [3.8, 4) is 12.3 Å². The summed E-state index contributed by atoms with van der Waals surface area (Å²) >= 11 is 0. The highest BCUT2D eigenvalue weighted by atomic mass is 127. The lowest BCUT2D eigenvalue weighted by molar-refractivity contribution is 0.252. The highest BCUT2D eigenvalue weighted by Crippen LogP contribution is 2.21. The van der Waals surface area contributed by atoms with Crippen molar-refractivity contribution in [2.24, 2.45) is 4.99 Å². The number of likely N-dealkylation sites (N-methyl/N-ethyl adjacent to an activating group) is 1. The van der Waals surface area contributed by atoms with Crippen LogP contribution in [0, 0.1) is 12.3 Å². The summed E-state index contributed by atoms with van der Waals surface area (Å²) in [6, 6.07) is 0.765. The first-order chi connectivity index (χ1) is 8.77. The van der Waals surface area contributed by atoms with Gasteiger partial charge in [-0.25, -0.2) is 0 Å². The molecule has 0 bridgehead atoms. The molecule has 1 fully saturated rings. The van der Waals surface area contributed by atoms with E-state index in [-0.39, 0.29) is 24.0 Å². The minimum absolute atomic E-state index is 0. The van der Waals surface area contributed by atoms with Crippen LogP contribution in [-0.4, -0.2) is 50.1 Å². The van der Waals surface area contributed by atoms with E-state index in [1.807, 2.05) is 0 Å². The predicted molar refractivity (Wildman–Crippen MR) is 93.1 cm³/mol. The molecule has 1 aliphatic rings. The van der Waals surface area contributed by atoms with Crippen molar-refractivity contribution in [1.29, 1.82) is 0 Å². The third-order valence-electron chi connectivity index (χ3n) is 3.37. The fourth-order valence-electron chi connectivity index (χ4n) is 2.32. The van der Waals surface area contributed by atoms with Gasteiger partial charge in [0, 0.05) is 19.1 Å². The number of guanidine groups is 1. The van der Waals surface area contributed by atoms with Crippen molar-refractivity contribution in [2.75, 3.05) is 33.2 Å². The number of hydrogen-bond donors (Lipinski definition) is 2. The van der Waals surface area contributed by atoms with Gasteiger partial charge in [0.05, 0.1) is 13.1 Å². The topological polar surface area (TPSA) is 39.7 Å². The van der Waals surface area contributed by atoms with Gasteiger partial charge in [-0.2, -0.15) is 0 Å². The molecular formula is C14H27IN4. The molecule has 0 aromatic heterocycles. The second kappa shape index (κ2) is 11.4. The molecule has 0 aromatic rings. The normalized spacial score (nSPS) is 16.0. The van der Waals surface area contributed by atoms with E-state index in [0.29, 0.717) is 6.54 Å². The molecule has 19 heavy (non-hydrogen) atoms. The summed E-state index contributed by atoms with van der Waals surface area (Å²) in [5, 5.41) is 6.28. The Hall–Kier alpha value is -0.480. The van der Waals surface area contributed by atoms with Gasteiger partial charge in [0.25, 0.3) is 0 Å². The molecule has 2 N–H and O–H groups in total. The lowest BCUT2D eigenvalue weighted by atomic mass is 10.2. The summed E-state index contributed by atoms with van der Waals surface area (Å²) in [5.74, 6) is 3.37. The van der Waals surface area contributed by atoms with E-state index < -0.39 is 0 Å². The lowest BCUT2D eigenvalue weighted by Crippen LogP contribution is -2.38. The van der Waals surface area contributed by atoms with Gasteiger partial charge in [0.2, 0.25) is 0 Å². The SMILES string of the molecule is C#CCNC(=NCCN(C)C1CCCC1)NCC.I. The zero-order valence-electron chi connectivity index (χ0n) is 12.1. The Morgan fingerprint density at radius 1 is 1.37 bits per heavy atom. The Kier molecular flexibility index (Phi) is 11.1. The standard InChI is InChI=1S/C14H26N4.HI/c1-4-10-16-14(15-5-2)17-11-12-18(3)13-8-6-7-9-13;/h1,13H,5-12H2,2-3H3,(H2,15,16,17);1H. The van der Waals surface area contributed by atoms with Gasteiger partial charge in [-0.15, -0.1) is 30.4 Å². The van der Waals surface area contributed by atoms with Gasteiger partial charge in [-0.05, 0) is 26.8 Å². The molecule has 0 amide bonds. The molecule has 0 atom stereocenters. The highest BCUT2D eigenvalue weighted by molar-refractivity contribution is 14.0. The number of halogens is 1. The largest absolute Gasteiger partial charge is 0.357 e. The lowest BCUT2D eigenvalue weighted by Gasteiger charge is -2.23. The molecule has 0 heterocycles. The van der Waals surface area contributed by atoms with Gasteiger partial charge < -0.3 is 15.5 Å². The summed E-state index contributed by atoms with van der Waals surface area (Å²) in [4.78, 5) is 6.95. The Bertz CT molecular complexity index is 292. The van der Waals surface area contributed by atoms with Crippen LogP contribution < -0.4 is 10.6 Å². The van der Waals surface area contributed by atoms with Crippen LogP contribution in [0.15, 0.2) is 4.99 Å². The monoisotopic (exact) mass is 378 g/mol. The number of rotatable bonds is 6. The minimum atomic E-state index is 0. The van der Waals surface area contributed by atoms with Gasteiger partial charge >= 0.3 is 0 Å². The van der Waals surface area contributed by atoms with E-state index >= 15 is 0 Å². The highest BCUT2D eigenvalue weighted by Gasteiger charge is 2.18. The first-order valence-electron chi connectivity index (χ1n) is 6.93. The second-order valence-corrected chi connectivity index (χ2v) is 4.74. The van der Waals surface area contributed by atoms with Crippen molar-refractivity contribution >= 4 is 29.9 Å². The molecule has 4 nitrogen and oxygen atoms in total. The molecular weight excluding hydrogens is 351 g/mol. The van der Waals surface area contributed by atoms with Crippen LogP contribution in [0.4, 0.5) is 0 Å². The van der Waals surface area contributed by atoms with E-state index in [1.54, 1.807) is 0 Å². The molecule has 1 aliphatic carbocycles. The minimum Gasteiger partial charge on any atom is -0.357 e. The molecule has 110 valence electrons. The van der Waals surface area contributed by atoms with Gasteiger partial charge in [0.15, 0.2) is 5.96 Å². The molecule has 0 saturated heterocycles. The first kappa shape index (κ1) is 18.5. The number of nitrogens with zero attached hydrogens (tertiary/aromatic N) is 2. The Balaban J connectivity index is 0.00000324. The third-order valence-corrected chi connectivity index (χ3v) is 3.37. The molecule has 0 aromatic carbocycles. The van der Waals surface area contributed by atoms with Crippen molar-refractivity contribution in [2.45, 2.75) is 38.6 Å². The number of terminal acetylenes is 1. The number of aliphatic imine (C=N–C) groups is 1. The van der Waals surface area contributed by atoms with Crippen LogP contribution in [0.2, 0.25) is 0 Å². The summed E-state index contributed by atoms with van der Waals surface area (Å²) in [6.07, 6.45) is 10.7. The van der Waals surface area contributed by atoms with Crippen LogP contribution >= 0.6 is 24.0 Å². The predicted octanol–water partition coefficient (Wildman–Crippen LogP) is 1.67. The maximum absolute atomic E-state index is 5.23. The Morgan fingerprint density at radius 3 is 2.63 bits per heavy atom. The summed E-state index contributed by atoms with van der Waals surface area (Å²) in [6.45, 7) is 5.25. The molecule has 0 spiro atoms. The third kappa shape index (κ3) is 7.63. The molecule has 0 aliphatic heterocycles. The fourth-order valence-corrected chi connectivity index (χ4v) is 2.32. The Labute approximate surface area is 134 Å². The van der Waals surface area contributed by atoms with E-state index in [9.17, 15) is 0 Å². The smallest absolute Gasteiger partial charge is 0.192 e. The molecule has 1 saturated carbocycles. The van der Waals surface area contributed by atoms with Crippen LogP contribution in [0.5, 0.6) is 0 Å². The van der Waals surface area contributed by atoms with Crippen molar-refractivity contribution < 1.29 is 0 Å². The molecule has 0 radical (unpaired) electrons. The molecule has 0 unspecified atom stereocenters. The van der Waals surface area contributed by atoms with Gasteiger partial charge in [-0.3, -0.25) is 4.99 Å². The molecule has 1 rings (SSSR count). The number of hydrogen-bond acceptors (Lipinski definition) is 2. The van der Waals surface area contributed by atoms with Crippen LogP contribution in [0.3, 0.4) is 0 Å². The average molecular weight is 378 g/mol. The summed E-state index contributed by atoms with van der Waals surface area (Å²) in [7, 11) is 2.20. The first-order valence-corrected chi connectivity index (χ1v) is 6.93. The van der Waals surface area contributed by atoms with E-state index in [0.717, 1.165) is 31.6 Å². The fraction of sp³-hybridized carbons (Fsp3) is 0.786. The van der Waals surface area contributed by atoms with Crippen molar-refractivity contribution in [3.63, 3.8) is 0 Å². The molecule has 5 heteroatoms. The average Bonchev–Trinajstić information content (AvgIpc) is 2.89. The zero-order chi connectivity index (χ0) is 13.2. The quantitative estimate of drug-likeness (QED) is 0.320. The van der Waals surface area contributed by atoms with Crippen LogP contribution in [0.1, 0.15) is 32.6 Å². The maximum Gasteiger partial charge on any atom is 0.192 e. The van der Waals surface area contributed by atoms with Crippen LogP contribution in [-0.2, 0) is 0 Å². The summed E-state index contributed by atoms with van der Waals surface area (Å²) in [5.41, 5.74) is 0. The van der Waals surface area contributed by atoms with Crippen LogP contribution in [0.25, 0.3) is 0 Å². The van der Waals surface area contributed by atoms with E-state index in [4.69, 9.17) is 6.42 Å². The maximum atomic E-state index is 5.23.